The molecule has 1 atom stereocenters. The van der Waals surface area contributed by atoms with Gasteiger partial charge in [0.05, 0.1) is 12.7 Å². The first-order valence-corrected chi connectivity index (χ1v) is 5.17. The Balaban J connectivity index is 1.86. The Kier molecular flexibility index (Phi) is 2.58. The van der Waals surface area contributed by atoms with Crippen LogP contribution in [0, 0.1) is 0 Å². The quantitative estimate of drug-likeness (QED) is 0.646. The molecule has 0 aromatic rings. The molecule has 1 unspecified atom stereocenters. The topological polar surface area (TPSA) is 21.7 Å². The van der Waals surface area contributed by atoms with Crippen LogP contribution in [-0.2, 0) is 9.47 Å². The standard InChI is InChI=1S/C10H19NO2/c1-11(2)7-9-8-12-10(13-9)5-3-4-6-10/h9H,3-8H2,1-2H3. The Hall–Kier alpha value is -0.120. The minimum absolute atomic E-state index is 0.180. The van der Waals surface area contributed by atoms with Gasteiger partial charge in [-0.2, -0.15) is 0 Å². The molecule has 0 aromatic heterocycles. The molecule has 2 fully saturated rings. The van der Waals surface area contributed by atoms with Gasteiger partial charge in [-0.1, -0.05) is 0 Å². The molecule has 1 heterocycles. The van der Waals surface area contributed by atoms with E-state index in [1.54, 1.807) is 0 Å². The molecular weight excluding hydrogens is 166 g/mol. The lowest BCUT2D eigenvalue weighted by Crippen LogP contribution is -2.31. The lowest BCUT2D eigenvalue weighted by Gasteiger charge is -2.22. The second-order valence-electron chi connectivity index (χ2n) is 4.43. The molecule has 1 saturated heterocycles. The van der Waals surface area contributed by atoms with Crippen LogP contribution in [0.4, 0.5) is 0 Å². The van der Waals surface area contributed by atoms with Crippen LogP contribution in [0.3, 0.4) is 0 Å². The van der Waals surface area contributed by atoms with Crippen LogP contribution in [-0.4, -0.2) is 44.0 Å². The van der Waals surface area contributed by atoms with Gasteiger partial charge >= 0.3 is 0 Å². The van der Waals surface area contributed by atoms with E-state index in [1.807, 2.05) is 0 Å². The molecule has 76 valence electrons. The molecule has 2 aliphatic rings. The summed E-state index contributed by atoms with van der Waals surface area (Å²) in [7, 11) is 4.14. The zero-order chi connectivity index (χ0) is 9.31. The fourth-order valence-corrected chi connectivity index (χ4v) is 2.29. The van der Waals surface area contributed by atoms with Crippen molar-refractivity contribution in [2.75, 3.05) is 27.2 Å². The molecule has 1 aliphatic carbocycles. The van der Waals surface area contributed by atoms with Crippen LogP contribution in [0.15, 0.2) is 0 Å². The number of rotatable bonds is 2. The summed E-state index contributed by atoms with van der Waals surface area (Å²) in [6, 6.07) is 0. The third kappa shape index (κ3) is 2.03. The van der Waals surface area contributed by atoms with Gasteiger partial charge in [0, 0.05) is 19.4 Å². The summed E-state index contributed by atoms with van der Waals surface area (Å²) in [5.74, 6) is -0.180. The van der Waals surface area contributed by atoms with Crippen molar-refractivity contribution in [1.82, 2.24) is 4.90 Å². The van der Waals surface area contributed by atoms with Gasteiger partial charge in [-0.25, -0.2) is 0 Å². The molecule has 1 spiro atoms. The summed E-state index contributed by atoms with van der Waals surface area (Å²) in [5, 5.41) is 0. The third-order valence-corrected chi connectivity index (χ3v) is 2.85. The van der Waals surface area contributed by atoms with Crippen LogP contribution in [0.2, 0.25) is 0 Å². The summed E-state index contributed by atoms with van der Waals surface area (Å²) in [5.41, 5.74) is 0. The number of hydrogen-bond donors (Lipinski definition) is 0. The maximum atomic E-state index is 5.96. The number of hydrogen-bond acceptors (Lipinski definition) is 3. The van der Waals surface area contributed by atoms with E-state index in [4.69, 9.17) is 9.47 Å². The van der Waals surface area contributed by atoms with Gasteiger partial charge in [-0.15, -0.1) is 0 Å². The van der Waals surface area contributed by atoms with E-state index < -0.39 is 0 Å². The van der Waals surface area contributed by atoms with Crippen LogP contribution >= 0.6 is 0 Å². The lowest BCUT2D eigenvalue weighted by atomic mass is 10.2. The van der Waals surface area contributed by atoms with Crippen molar-refractivity contribution in [2.24, 2.45) is 0 Å². The first kappa shape index (κ1) is 9.44. The van der Waals surface area contributed by atoms with Crippen LogP contribution < -0.4 is 0 Å². The molecule has 0 bridgehead atoms. The Morgan fingerprint density at radius 3 is 2.62 bits per heavy atom. The van der Waals surface area contributed by atoms with Crippen molar-refractivity contribution < 1.29 is 9.47 Å². The van der Waals surface area contributed by atoms with Crippen molar-refractivity contribution in [2.45, 2.75) is 37.6 Å². The maximum Gasteiger partial charge on any atom is 0.168 e. The molecule has 13 heavy (non-hydrogen) atoms. The summed E-state index contributed by atoms with van der Waals surface area (Å²) in [6.07, 6.45) is 4.99. The molecule has 3 nitrogen and oxygen atoms in total. The van der Waals surface area contributed by atoms with E-state index in [0.717, 1.165) is 26.0 Å². The summed E-state index contributed by atoms with van der Waals surface area (Å²) >= 11 is 0. The van der Waals surface area contributed by atoms with Gasteiger partial charge < -0.3 is 14.4 Å². The zero-order valence-electron chi connectivity index (χ0n) is 8.58. The molecule has 0 N–H and O–H groups in total. The van der Waals surface area contributed by atoms with Crippen LogP contribution in [0.5, 0.6) is 0 Å². The Morgan fingerprint density at radius 1 is 1.31 bits per heavy atom. The average molecular weight is 185 g/mol. The van der Waals surface area contributed by atoms with Gasteiger partial charge in [0.2, 0.25) is 0 Å². The van der Waals surface area contributed by atoms with Gasteiger partial charge in [-0.05, 0) is 26.9 Å². The fraction of sp³-hybridized carbons (Fsp3) is 1.00. The molecule has 1 saturated carbocycles. The summed E-state index contributed by atoms with van der Waals surface area (Å²) < 4.78 is 11.7. The van der Waals surface area contributed by atoms with Gasteiger partial charge in [-0.3, -0.25) is 0 Å². The van der Waals surface area contributed by atoms with Crippen molar-refractivity contribution in [1.29, 1.82) is 0 Å². The van der Waals surface area contributed by atoms with E-state index >= 15 is 0 Å². The molecular formula is C10H19NO2. The highest BCUT2D eigenvalue weighted by Crippen LogP contribution is 2.39. The fourth-order valence-electron chi connectivity index (χ4n) is 2.29. The second kappa shape index (κ2) is 3.56. The third-order valence-electron chi connectivity index (χ3n) is 2.85. The van der Waals surface area contributed by atoms with Crippen molar-refractivity contribution in [3.05, 3.63) is 0 Å². The zero-order valence-corrected chi connectivity index (χ0v) is 8.58. The van der Waals surface area contributed by atoms with Crippen LogP contribution in [0.25, 0.3) is 0 Å². The largest absolute Gasteiger partial charge is 0.347 e. The average Bonchev–Trinajstić information content (AvgIpc) is 2.63. The van der Waals surface area contributed by atoms with E-state index in [2.05, 4.69) is 19.0 Å². The van der Waals surface area contributed by atoms with Gasteiger partial charge in [0.15, 0.2) is 5.79 Å². The minimum Gasteiger partial charge on any atom is -0.347 e. The van der Waals surface area contributed by atoms with E-state index in [0.29, 0.717) is 0 Å². The lowest BCUT2D eigenvalue weighted by molar-refractivity contribution is -0.162. The van der Waals surface area contributed by atoms with Crippen LogP contribution in [0.1, 0.15) is 25.7 Å². The first-order valence-electron chi connectivity index (χ1n) is 5.17. The smallest absolute Gasteiger partial charge is 0.168 e. The predicted molar refractivity (Wildman–Crippen MR) is 50.6 cm³/mol. The van der Waals surface area contributed by atoms with Crippen molar-refractivity contribution in [3.8, 4) is 0 Å². The number of nitrogens with zero attached hydrogens (tertiary/aromatic N) is 1. The highest BCUT2D eigenvalue weighted by molar-refractivity contribution is 4.84. The second-order valence-corrected chi connectivity index (χ2v) is 4.43. The van der Waals surface area contributed by atoms with E-state index in [9.17, 15) is 0 Å². The van der Waals surface area contributed by atoms with Gasteiger partial charge in [0.25, 0.3) is 0 Å². The Bertz CT molecular complexity index is 176. The molecule has 0 radical (unpaired) electrons. The number of ether oxygens (including phenoxy) is 2. The Morgan fingerprint density at radius 2 is 2.00 bits per heavy atom. The summed E-state index contributed by atoms with van der Waals surface area (Å²) in [4.78, 5) is 2.15. The first-order chi connectivity index (χ1) is 6.20. The molecule has 3 heteroatoms. The monoisotopic (exact) mass is 185 g/mol. The van der Waals surface area contributed by atoms with Crippen molar-refractivity contribution in [3.63, 3.8) is 0 Å². The summed E-state index contributed by atoms with van der Waals surface area (Å²) in [6.45, 7) is 1.75. The maximum absolute atomic E-state index is 5.96. The minimum atomic E-state index is -0.180. The highest BCUT2D eigenvalue weighted by atomic mass is 16.7. The molecule has 0 aromatic carbocycles. The highest BCUT2D eigenvalue weighted by Gasteiger charge is 2.43. The molecule has 1 aliphatic heterocycles. The molecule has 0 amide bonds. The van der Waals surface area contributed by atoms with E-state index in [1.165, 1.54) is 12.8 Å². The predicted octanol–water partition coefficient (Wildman–Crippen LogP) is 1.23. The SMILES string of the molecule is CN(C)CC1COC2(CCCC2)O1. The van der Waals surface area contributed by atoms with E-state index in [-0.39, 0.29) is 11.9 Å². The molecule has 2 rings (SSSR count). The normalized spacial score (nSPS) is 32.1. The Labute approximate surface area is 80.0 Å². The van der Waals surface area contributed by atoms with Crippen molar-refractivity contribution >= 4 is 0 Å². The van der Waals surface area contributed by atoms with Gasteiger partial charge in [0.1, 0.15) is 0 Å². The number of likely N-dealkylation sites (N-methyl/N-ethyl adjacent to an activating group) is 1.